The van der Waals surface area contributed by atoms with Crippen LogP contribution in [-0.2, 0) is 0 Å². The molecule has 0 bridgehead atoms. The van der Waals surface area contributed by atoms with Crippen LogP contribution in [0.1, 0.15) is 10.8 Å². The third-order valence-corrected chi connectivity index (χ3v) is 4.07. The van der Waals surface area contributed by atoms with Crippen LogP contribution < -0.4 is 5.73 Å². The van der Waals surface area contributed by atoms with Crippen LogP contribution in [0.5, 0.6) is 0 Å². The van der Waals surface area contributed by atoms with Crippen molar-refractivity contribution in [2.24, 2.45) is 5.73 Å². The fourth-order valence-electron chi connectivity index (χ4n) is 1.27. The highest BCUT2D eigenvalue weighted by molar-refractivity contribution is 8.01. The summed E-state index contributed by atoms with van der Waals surface area (Å²) in [5, 5.41) is 0.0912. The molecule has 0 fully saturated rings. The summed E-state index contributed by atoms with van der Waals surface area (Å²) in [4.78, 5) is 4.09. The fourth-order valence-corrected chi connectivity index (χ4v) is 2.94. The van der Waals surface area contributed by atoms with Gasteiger partial charge in [0, 0.05) is 11.8 Å². The molecule has 0 saturated carbocycles. The van der Waals surface area contributed by atoms with Crippen molar-refractivity contribution in [3.63, 3.8) is 0 Å². The number of nitrogens with zero attached hydrogens (tertiary/aromatic N) is 2. The second-order valence-corrected chi connectivity index (χ2v) is 5.33. The number of hydrogen-bond acceptors (Lipinski definition) is 5. The maximum absolute atomic E-state index is 12.8. The zero-order chi connectivity index (χ0) is 11.4. The van der Waals surface area contributed by atoms with E-state index < -0.39 is 0 Å². The van der Waals surface area contributed by atoms with Crippen molar-refractivity contribution in [1.82, 2.24) is 9.36 Å². The number of halogens is 1. The third-order valence-electron chi connectivity index (χ3n) is 2.04. The van der Waals surface area contributed by atoms with Gasteiger partial charge >= 0.3 is 0 Å². The molecule has 1 aromatic heterocycles. The van der Waals surface area contributed by atoms with E-state index in [9.17, 15) is 4.39 Å². The summed E-state index contributed by atoms with van der Waals surface area (Å²) in [6.45, 7) is 0.482. The van der Waals surface area contributed by atoms with Gasteiger partial charge in [0.25, 0.3) is 0 Å². The van der Waals surface area contributed by atoms with Crippen molar-refractivity contribution < 1.29 is 4.39 Å². The Morgan fingerprint density at radius 3 is 2.69 bits per heavy atom. The highest BCUT2D eigenvalue weighted by Crippen LogP contribution is 2.34. The minimum Gasteiger partial charge on any atom is -0.329 e. The molecule has 2 rings (SSSR count). The van der Waals surface area contributed by atoms with Gasteiger partial charge in [-0.2, -0.15) is 4.37 Å². The molecule has 0 amide bonds. The van der Waals surface area contributed by atoms with E-state index in [4.69, 9.17) is 5.73 Å². The molecule has 0 aliphatic carbocycles. The van der Waals surface area contributed by atoms with Crippen LogP contribution >= 0.6 is 23.3 Å². The summed E-state index contributed by atoms with van der Waals surface area (Å²) < 4.78 is 17.6. The van der Waals surface area contributed by atoms with Gasteiger partial charge < -0.3 is 5.73 Å². The standard InChI is InChI=1S/C10H10FN3S2/c11-8-3-1-7(2-4-8)9(5-12)15-10-13-6-14-16-10/h1-4,6,9H,5,12H2. The normalized spacial score (nSPS) is 12.6. The first-order valence-electron chi connectivity index (χ1n) is 4.68. The predicted octanol–water partition coefficient (Wildman–Crippen LogP) is 2.47. The lowest BCUT2D eigenvalue weighted by Crippen LogP contribution is -2.09. The molecule has 0 aliphatic heterocycles. The Hall–Kier alpha value is -0.980. The zero-order valence-corrected chi connectivity index (χ0v) is 9.97. The van der Waals surface area contributed by atoms with E-state index in [-0.39, 0.29) is 11.1 Å². The quantitative estimate of drug-likeness (QED) is 0.853. The lowest BCUT2D eigenvalue weighted by atomic mass is 10.1. The highest BCUT2D eigenvalue weighted by atomic mass is 32.2. The highest BCUT2D eigenvalue weighted by Gasteiger charge is 2.13. The Balaban J connectivity index is 2.13. The largest absolute Gasteiger partial charge is 0.329 e. The molecule has 0 radical (unpaired) electrons. The molecule has 6 heteroatoms. The van der Waals surface area contributed by atoms with Gasteiger partial charge in [0.15, 0.2) is 4.34 Å². The summed E-state index contributed by atoms with van der Waals surface area (Å²) in [6.07, 6.45) is 1.52. The van der Waals surface area contributed by atoms with Crippen LogP contribution in [0.15, 0.2) is 34.9 Å². The summed E-state index contributed by atoms with van der Waals surface area (Å²) in [6, 6.07) is 6.39. The van der Waals surface area contributed by atoms with E-state index in [0.29, 0.717) is 6.54 Å². The molecule has 84 valence electrons. The maximum Gasteiger partial charge on any atom is 0.170 e. The average Bonchev–Trinajstić information content (AvgIpc) is 2.80. The van der Waals surface area contributed by atoms with Gasteiger partial charge in [0.2, 0.25) is 0 Å². The average molecular weight is 255 g/mol. The molecule has 0 saturated heterocycles. The molecular weight excluding hydrogens is 245 g/mol. The molecule has 16 heavy (non-hydrogen) atoms. The minimum absolute atomic E-state index is 0.0912. The third kappa shape index (κ3) is 2.78. The molecule has 1 aromatic carbocycles. The first kappa shape index (κ1) is 11.5. The maximum atomic E-state index is 12.8. The van der Waals surface area contributed by atoms with Crippen LogP contribution in [0.3, 0.4) is 0 Å². The summed E-state index contributed by atoms with van der Waals surface area (Å²) >= 11 is 2.89. The second-order valence-electron chi connectivity index (χ2n) is 3.10. The van der Waals surface area contributed by atoms with Crippen molar-refractivity contribution in [2.45, 2.75) is 9.59 Å². The van der Waals surface area contributed by atoms with Gasteiger partial charge in [-0.05, 0) is 29.2 Å². The second kappa shape index (κ2) is 5.38. The lowest BCUT2D eigenvalue weighted by Gasteiger charge is -2.12. The van der Waals surface area contributed by atoms with E-state index >= 15 is 0 Å². The Kier molecular flexibility index (Phi) is 3.87. The Morgan fingerprint density at radius 1 is 1.38 bits per heavy atom. The summed E-state index contributed by atoms with van der Waals surface area (Å²) in [5.41, 5.74) is 6.71. The molecule has 2 aromatic rings. The summed E-state index contributed by atoms with van der Waals surface area (Å²) in [7, 11) is 0. The molecule has 0 aliphatic rings. The van der Waals surface area contributed by atoms with Gasteiger partial charge in [-0.25, -0.2) is 9.37 Å². The van der Waals surface area contributed by atoms with Crippen molar-refractivity contribution in [3.8, 4) is 0 Å². The number of benzene rings is 1. The van der Waals surface area contributed by atoms with Crippen LogP contribution in [-0.4, -0.2) is 15.9 Å². The van der Waals surface area contributed by atoms with Crippen molar-refractivity contribution in [1.29, 1.82) is 0 Å². The van der Waals surface area contributed by atoms with Gasteiger partial charge in [-0.15, -0.1) is 0 Å². The zero-order valence-electron chi connectivity index (χ0n) is 8.34. The Bertz CT molecular complexity index is 430. The lowest BCUT2D eigenvalue weighted by molar-refractivity contribution is 0.627. The van der Waals surface area contributed by atoms with Crippen molar-refractivity contribution >= 4 is 23.3 Å². The van der Waals surface area contributed by atoms with Gasteiger partial charge in [-0.3, -0.25) is 0 Å². The van der Waals surface area contributed by atoms with Gasteiger partial charge in [-0.1, -0.05) is 23.9 Å². The van der Waals surface area contributed by atoms with E-state index in [1.807, 2.05) is 0 Å². The van der Waals surface area contributed by atoms with E-state index in [1.54, 1.807) is 23.9 Å². The van der Waals surface area contributed by atoms with Crippen LogP contribution in [0, 0.1) is 5.82 Å². The SMILES string of the molecule is NCC(Sc1ncns1)c1ccc(F)cc1. The van der Waals surface area contributed by atoms with Crippen LogP contribution in [0.25, 0.3) is 0 Å². The van der Waals surface area contributed by atoms with Crippen molar-refractivity contribution in [2.75, 3.05) is 6.54 Å². The van der Waals surface area contributed by atoms with E-state index in [1.165, 1.54) is 30.0 Å². The number of thioether (sulfide) groups is 1. The first-order chi connectivity index (χ1) is 7.79. The summed E-state index contributed by atoms with van der Waals surface area (Å²) in [5.74, 6) is -0.236. The fraction of sp³-hybridized carbons (Fsp3) is 0.200. The number of hydrogen-bond donors (Lipinski definition) is 1. The molecule has 1 heterocycles. The molecule has 2 N–H and O–H groups in total. The monoisotopic (exact) mass is 255 g/mol. The smallest absolute Gasteiger partial charge is 0.170 e. The minimum atomic E-state index is -0.236. The molecule has 1 unspecified atom stereocenters. The number of nitrogens with two attached hydrogens (primary N) is 1. The number of rotatable bonds is 4. The molecule has 0 spiro atoms. The number of aromatic nitrogens is 2. The van der Waals surface area contributed by atoms with Crippen LogP contribution in [0.2, 0.25) is 0 Å². The molecular formula is C10H10FN3S2. The van der Waals surface area contributed by atoms with E-state index in [2.05, 4.69) is 9.36 Å². The van der Waals surface area contributed by atoms with Gasteiger partial charge in [0.05, 0.1) is 0 Å². The Labute approximate surface area is 101 Å². The van der Waals surface area contributed by atoms with E-state index in [0.717, 1.165) is 9.90 Å². The molecule has 1 atom stereocenters. The predicted molar refractivity (Wildman–Crippen MR) is 64.0 cm³/mol. The topological polar surface area (TPSA) is 51.8 Å². The Morgan fingerprint density at radius 2 is 2.12 bits per heavy atom. The first-order valence-corrected chi connectivity index (χ1v) is 6.34. The molecule has 3 nitrogen and oxygen atoms in total. The van der Waals surface area contributed by atoms with Crippen LogP contribution in [0.4, 0.5) is 4.39 Å². The van der Waals surface area contributed by atoms with Gasteiger partial charge in [0.1, 0.15) is 12.1 Å². The van der Waals surface area contributed by atoms with Crippen molar-refractivity contribution in [3.05, 3.63) is 42.0 Å².